The first-order valence-electron chi connectivity index (χ1n) is 7.43. The van der Waals surface area contributed by atoms with Crippen molar-refractivity contribution in [3.8, 4) is 0 Å². The van der Waals surface area contributed by atoms with Gasteiger partial charge in [-0.25, -0.2) is 13.1 Å². The molecule has 126 valence electrons. The smallest absolute Gasteiger partial charge is 0.241 e. The highest BCUT2D eigenvalue weighted by Crippen LogP contribution is 2.22. The number of nitrogens with one attached hydrogen (secondary N) is 1. The van der Waals surface area contributed by atoms with Crippen molar-refractivity contribution >= 4 is 10.0 Å². The first-order valence-corrected chi connectivity index (χ1v) is 8.91. The molecule has 0 aliphatic heterocycles. The van der Waals surface area contributed by atoms with Gasteiger partial charge in [-0.3, -0.25) is 0 Å². The number of aliphatic hydroxyl groups is 1. The third kappa shape index (κ3) is 4.43. The third-order valence-electron chi connectivity index (χ3n) is 3.65. The number of hydrogen-bond acceptors (Lipinski definition) is 4. The summed E-state index contributed by atoms with van der Waals surface area (Å²) in [4.78, 5) is 0.275. The van der Waals surface area contributed by atoms with E-state index in [9.17, 15) is 13.5 Å². The minimum Gasteiger partial charge on any atom is -0.469 e. The normalized spacial score (nSPS) is 14.7. The molecule has 1 unspecified atom stereocenters. The van der Waals surface area contributed by atoms with Crippen LogP contribution in [0.15, 0.2) is 39.8 Å². The molecule has 2 rings (SSSR count). The van der Waals surface area contributed by atoms with Gasteiger partial charge in [0.05, 0.1) is 16.8 Å². The predicted octanol–water partition coefficient (Wildman–Crippen LogP) is 2.48. The van der Waals surface area contributed by atoms with Crippen LogP contribution in [0.4, 0.5) is 0 Å². The van der Waals surface area contributed by atoms with Gasteiger partial charge < -0.3 is 9.52 Å². The Balaban J connectivity index is 2.16. The van der Waals surface area contributed by atoms with Gasteiger partial charge in [-0.15, -0.1) is 0 Å². The van der Waals surface area contributed by atoms with Crippen LogP contribution in [-0.2, 0) is 16.4 Å². The van der Waals surface area contributed by atoms with E-state index in [1.165, 1.54) is 6.26 Å². The van der Waals surface area contributed by atoms with Gasteiger partial charge in [0.25, 0.3) is 0 Å². The van der Waals surface area contributed by atoms with E-state index in [0.29, 0.717) is 16.9 Å². The van der Waals surface area contributed by atoms with E-state index in [1.807, 2.05) is 19.1 Å². The maximum Gasteiger partial charge on any atom is 0.241 e. The Labute approximate surface area is 137 Å². The lowest BCUT2D eigenvalue weighted by atomic mass is 10.0. The third-order valence-corrected chi connectivity index (χ3v) is 5.36. The quantitative estimate of drug-likeness (QED) is 0.849. The van der Waals surface area contributed by atoms with Gasteiger partial charge in [-0.05, 0) is 51.0 Å². The lowest BCUT2D eigenvalue weighted by Crippen LogP contribution is -2.42. The summed E-state index contributed by atoms with van der Waals surface area (Å²) in [5.41, 5.74) is 1.17. The lowest BCUT2D eigenvalue weighted by Gasteiger charge is -2.23. The first kappa shape index (κ1) is 17.7. The average molecular weight is 337 g/mol. The minimum atomic E-state index is -3.69. The van der Waals surface area contributed by atoms with Gasteiger partial charge in [0.1, 0.15) is 5.76 Å². The number of sulfonamides is 1. The molecule has 6 heteroatoms. The fourth-order valence-electron chi connectivity index (χ4n) is 2.76. The summed E-state index contributed by atoms with van der Waals surface area (Å²) in [7, 11) is -3.69. The van der Waals surface area contributed by atoms with Gasteiger partial charge in [-0.2, -0.15) is 0 Å². The zero-order valence-electron chi connectivity index (χ0n) is 13.9. The molecule has 0 aliphatic rings. The molecule has 2 N–H and O–H groups in total. The fraction of sp³-hybridized carbons (Fsp3) is 0.412. The van der Waals surface area contributed by atoms with Gasteiger partial charge in [0.15, 0.2) is 0 Å². The minimum absolute atomic E-state index is 0.0945. The molecule has 2 aromatic rings. The summed E-state index contributed by atoms with van der Waals surface area (Å²) >= 11 is 0. The molecule has 1 atom stereocenters. The van der Waals surface area contributed by atoms with Crippen molar-refractivity contribution in [1.29, 1.82) is 0 Å². The van der Waals surface area contributed by atoms with Gasteiger partial charge in [-0.1, -0.05) is 17.7 Å². The highest BCUT2D eigenvalue weighted by atomic mass is 32.2. The first-order chi connectivity index (χ1) is 10.6. The molecule has 0 aliphatic carbocycles. The second-order valence-electron chi connectivity index (χ2n) is 6.31. The summed E-state index contributed by atoms with van der Waals surface area (Å²) in [5, 5.41) is 10.4. The molecular formula is C17H23NO4S. The van der Waals surface area contributed by atoms with E-state index >= 15 is 0 Å². The van der Waals surface area contributed by atoms with E-state index < -0.39 is 15.6 Å². The summed E-state index contributed by atoms with van der Waals surface area (Å²) in [6.45, 7) is 6.96. The van der Waals surface area contributed by atoms with Crippen LogP contribution < -0.4 is 4.72 Å². The Bertz CT molecular complexity index is 754. The monoisotopic (exact) mass is 337 g/mol. The Morgan fingerprint density at radius 2 is 1.83 bits per heavy atom. The number of hydrogen-bond donors (Lipinski definition) is 2. The number of furan rings is 1. The maximum absolute atomic E-state index is 12.6. The van der Waals surface area contributed by atoms with E-state index in [0.717, 1.165) is 5.56 Å². The summed E-state index contributed by atoms with van der Waals surface area (Å²) < 4.78 is 32.9. The SMILES string of the molecule is Cc1cc(C)c(S(=O)(=O)NCC(C)(O)Cc2ccco2)c(C)c1. The molecule has 0 saturated heterocycles. The van der Waals surface area contributed by atoms with Crippen LogP contribution in [0.2, 0.25) is 0 Å². The Morgan fingerprint density at radius 1 is 1.22 bits per heavy atom. The number of aryl methyl sites for hydroxylation is 3. The second kappa shape index (κ2) is 6.47. The van der Waals surface area contributed by atoms with Crippen molar-refractivity contribution < 1.29 is 17.9 Å². The van der Waals surface area contributed by atoms with Crippen molar-refractivity contribution in [3.05, 3.63) is 53.0 Å². The summed E-state index contributed by atoms with van der Waals surface area (Å²) in [5.74, 6) is 0.608. The Hall–Kier alpha value is -1.63. The molecule has 0 bridgehead atoms. The molecule has 0 fully saturated rings. The molecule has 0 saturated carbocycles. The van der Waals surface area contributed by atoms with Gasteiger partial charge in [0.2, 0.25) is 10.0 Å². The zero-order chi connectivity index (χ0) is 17.3. The van der Waals surface area contributed by atoms with Crippen LogP contribution in [0.1, 0.15) is 29.4 Å². The van der Waals surface area contributed by atoms with Crippen LogP contribution in [0, 0.1) is 20.8 Å². The average Bonchev–Trinajstić information content (AvgIpc) is 2.87. The van der Waals surface area contributed by atoms with Crippen LogP contribution >= 0.6 is 0 Å². The number of rotatable bonds is 6. The van der Waals surface area contributed by atoms with Crippen molar-refractivity contribution in [3.63, 3.8) is 0 Å². The molecular weight excluding hydrogens is 314 g/mol. The molecule has 23 heavy (non-hydrogen) atoms. The van der Waals surface area contributed by atoms with Gasteiger partial charge >= 0.3 is 0 Å². The van der Waals surface area contributed by atoms with Crippen molar-refractivity contribution in [2.75, 3.05) is 6.54 Å². The standard InChI is InChI=1S/C17H23NO4S/c1-12-8-13(2)16(14(3)9-12)23(20,21)18-11-17(4,19)10-15-6-5-7-22-15/h5-9,18-19H,10-11H2,1-4H3. The predicted molar refractivity (Wildman–Crippen MR) is 88.9 cm³/mol. The maximum atomic E-state index is 12.6. The fourth-order valence-corrected chi connectivity index (χ4v) is 4.38. The highest BCUT2D eigenvalue weighted by molar-refractivity contribution is 7.89. The van der Waals surface area contributed by atoms with E-state index in [1.54, 1.807) is 32.9 Å². The van der Waals surface area contributed by atoms with Crippen LogP contribution in [0.3, 0.4) is 0 Å². The van der Waals surface area contributed by atoms with Crippen LogP contribution in [0.5, 0.6) is 0 Å². The van der Waals surface area contributed by atoms with Crippen molar-refractivity contribution in [2.24, 2.45) is 0 Å². The Kier molecular flexibility index (Phi) is 4.98. The lowest BCUT2D eigenvalue weighted by molar-refractivity contribution is 0.0603. The molecule has 0 spiro atoms. The summed E-state index contributed by atoms with van der Waals surface area (Å²) in [6.07, 6.45) is 1.75. The molecule has 0 radical (unpaired) electrons. The largest absolute Gasteiger partial charge is 0.469 e. The highest BCUT2D eigenvalue weighted by Gasteiger charge is 2.27. The summed E-state index contributed by atoms with van der Waals surface area (Å²) in [6, 6.07) is 7.15. The van der Waals surface area contributed by atoms with Gasteiger partial charge in [0, 0.05) is 13.0 Å². The van der Waals surface area contributed by atoms with Crippen molar-refractivity contribution in [1.82, 2.24) is 4.72 Å². The second-order valence-corrected chi connectivity index (χ2v) is 8.01. The van der Waals surface area contributed by atoms with Crippen molar-refractivity contribution in [2.45, 2.75) is 44.6 Å². The molecule has 1 heterocycles. The topological polar surface area (TPSA) is 79.5 Å². The van der Waals surface area contributed by atoms with Crippen LogP contribution in [0.25, 0.3) is 0 Å². The van der Waals surface area contributed by atoms with E-state index in [4.69, 9.17) is 4.42 Å². The van der Waals surface area contributed by atoms with E-state index in [-0.39, 0.29) is 17.9 Å². The molecule has 0 amide bonds. The van der Waals surface area contributed by atoms with E-state index in [2.05, 4.69) is 4.72 Å². The molecule has 5 nitrogen and oxygen atoms in total. The number of benzene rings is 1. The molecule has 1 aromatic heterocycles. The van der Waals surface area contributed by atoms with Crippen LogP contribution in [-0.4, -0.2) is 25.7 Å². The zero-order valence-corrected chi connectivity index (χ0v) is 14.7. The Morgan fingerprint density at radius 3 is 2.35 bits per heavy atom. The molecule has 1 aromatic carbocycles.